The number of benzene rings is 1. The van der Waals surface area contributed by atoms with Crippen LogP contribution in [0.1, 0.15) is 6.42 Å². The number of carbonyl (C=O) groups is 1. The molecule has 0 saturated heterocycles. The fraction of sp³-hybridized carbons (Fsp3) is 0.214. The molecule has 1 aliphatic heterocycles. The smallest absolute Gasteiger partial charge is 0.164 e. The second-order valence-electron chi connectivity index (χ2n) is 4.24. The standard InChI is InChI=1S/C14H13NO3S/c1-17-9-3-4-10-12(7-9)19-13-6-8(16)5-11(18-2)14(13)15-10/h3-5,7,15H,6H2,1-2H3. The van der Waals surface area contributed by atoms with Gasteiger partial charge in [0.2, 0.25) is 0 Å². The molecule has 0 unspecified atom stereocenters. The van der Waals surface area contributed by atoms with Gasteiger partial charge < -0.3 is 14.8 Å². The molecule has 0 atom stereocenters. The van der Waals surface area contributed by atoms with Crippen molar-refractivity contribution in [2.45, 2.75) is 11.3 Å². The third-order valence-corrected chi connectivity index (χ3v) is 4.21. The summed E-state index contributed by atoms with van der Waals surface area (Å²) >= 11 is 1.59. The zero-order valence-electron chi connectivity index (χ0n) is 10.6. The third kappa shape index (κ3) is 2.10. The maximum atomic E-state index is 11.7. The minimum atomic E-state index is 0.0660. The van der Waals surface area contributed by atoms with Gasteiger partial charge in [-0.25, -0.2) is 0 Å². The van der Waals surface area contributed by atoms with E-state index in [0.717, 1.165) is 26.9 Å². The van der Waals surface area contributed by atoms with Crippen molar-refractivity contribution >= 4 is 23.2 Å². The van der Waals surface area contributed by atoms with Crippen LogP contribution in [0.2, 0.25) is 0 Å². The number of hydrogen-bond acceptors (Lipinski definition) is 5. The van der Waals surface area contributed by atoms with Crippen molar-refractivity contribution in [3.63, 3.8) is 0 Å². The lowest BCUT2D eigenvalue weighted by Gasteiger charge is -2.27. The summed E-state index contributed by atoms with van der Waals surface area (Å²) < 4.78 is 10.5. The fourth-order valence-corrected chi connectivity index (χ4v) is 3.26. The summed E-state index contributed by atoms with van der Waals surface area (Å²) in [6.45, 7) is 0. The molecule has 19 heavy (non-hydrogen) atoms. The molecule has 1 aromatic rings. The first-order valence-electron chi connectivity index (χ1n) is 5.86. The SMILES string of the molecule is COC1=CC(=O)CC2=C1Nc1ccc(OC)cc1S2. The molecule has 1 aromatic carbocycles. The molecular weight excluding hydrogens is 262 g/mol. The largest absolute Gasteiger partial charge is 0.497 e. The highest BCUT2D eigenvalue weighted by atomic mass is 32.2. The van der Waals surface area contributed by atoms with Gasteiger partial charge in [0, 0.05) is 22.3 Å². The number of thioether (sulfide) groups is 1. The molecule has 1 N–H and O–H groups in total. The van der Waals surface area contributed by atoms with Crippen molar-refractivity contribution in [3.8, 4) is 5.75 Å². The van der Waals surface area contributed by atoms with E-state index in [-0.39, 0.29) is 5.78 Å². The van der Waals surface area contributed by atoms with E-state index in [0.29, 0.717) is 12.2 Å². The number of rotatable bonds is 2. The quantitative estimate of drug-likeness (QED) is 0.899. The number of nitrogens with one attached hydrogen (secondary N) is 1. The van der Waals surface area contributed by atoms with Crippen LogP contribution in [-0.4, -0.2) is 20.0 Å². The Morgan fingerprint density at radius 2 is 2.11 bits per heavy atom. The number of carbonyl (C=O) groups excluding carboxylic acids is 1. The topological polar surface area (TPSA) is 47.6 Å². The number of hydrogen-bond donors (Lipinski definition) is 1. The highest BCUT2D eigenvalue weighted by molar-refractivity contribution is 8.03. The minimum absolute atomic E-state index is 0.0660. The zero-order chi connectivity index (χ0) is 13.4. The predicted molar refractivity (Wildman–Crippen MR) is 74.2 cm³/mol. The Kier molecular flexibility index (Phi) is 2.98. The molecule has 0 amide bonds. The van der Waals surface area contributed by atoms with E-state index in [1.165, 1.54) is 0 Å². The van der Waals surface area contributed by atoms with E-state index in [1.807, 2.05) is 18.2 Å². The van der Waals surface area contributed by atoms with Crippen molar-refractivity contribution in [3.05, 3.63) is 40.6 Å². The van der Waals surface area contributed by atoms with E-state index in [1.54, 1.807) is 32.1 Å². The van der Waals surface area contributed by atoms with E-state index in [2.05, 4.69) is 5.32 Å². The molecular formula is C14H13NO3S. The van der Waals surface area contributed by atoms with Gasteiger partial charge in [-0.05, 0) is 18.2 Å². The highest BCUT2D eigenvalue weighted by Crippen LogP contribution is 2.45. The normalized spacial score (nSPS) is 17.2. The lowest BCUT2D eigenvalue weighted by atomic mass is 10.1. The average Bonchev–Trinajstić information content (AvgIpc) is 2.43. The van der Waals surface area contributed by atoms with Crippen LogP contribution in [0.15, 0.2) is 45.5 Å². The van der Waals surface area contributed by atoms with Gasteiger partial charge in [-0.3, -0.25) is 4.79 Å². The third-order valence-electron chi connectivity index (χ3n) is 3.05. The number of ketones is 1. The highest BCUT2D eigenvalue weighted by Gasteiger charge is 2.27. The second-order valence-corrected chi connectivity index (χ2v) is 5.38. The predicted octanol–water partition coefficient (Wildman–Crippen LogP) is 2.93. The minimum Gasteiger partial charge on any atom is -0.497 e. The molecule has 2 aliphatic rings. The molecule has 5 heteroatoms. The van der Waals surface area contributed by atoms with Crippen LogP contribution < -0.4 is 10.1 Å². The Labute approximate surface area is 115 Å². The van der Waals surface area contributed by atoms with Gasteiger partial charge in [0.05, 0.1) is 25.6 Å². The van der Waals surface area contributed by atoms with Gasteiger partial charge in [0.1, 0.15) is 11.5 Å². The maximum absolute atomic E-state index is 11.7. The summed E-state index contributed by atoms with van der Waals surface area (Å²) in [4.78, 5) is 13.7. The molecule has 0 aromatic heterocycles. The number of allylic oxidation sites excluding steroid dienone is 2. The van der Waals surface area contributed by atoms with Gasteiger partial charge in [-0.2, -0.15) is 0 Å². The summed E-state index contributed by atoms with van der Waals surface area (Å²) in [6.07, 6.45) is 1.96. The van der Waals surface area contributed by atoms with Crippen molar-refractivity contribution in [2.24, 2.45) is 0 Å². The lowest BCUT2D eigenvalue weighted by Crippen LogP contribution is -2.17. The van der Waals surface area contributed by atoms with Crippen molar-refractivity contribution in [1.29, 1.82) is 0 Å². The van der Waals surface area contributed by atoms with Crippen molar-refractivity contribution in [1.82, 2.24) is 0 Å². The van der Waals surface area contributed by atoms with Crippen LogP contribution in [-0.2, 0) is 9.53 Å². The number of methoxy groups -OCH3 is 2. The van der Waals surface area contributed by atoms with Gasteiger partial charge in [0.15, 0.2) is 5.78 Å². The zero-order valence-corrected chi connectivity index (χ0v) is 11.5. The first-order chi connectivity index (χ1) is 9.21. The number of ether oxygens (including phenoxy) is 2. The molecule has 0 spiro atoms. The number of anilines is 1. The maximum Gasteiger partial charge on any atom is 0.164 e. The first kappa shape index (κ1) is 12.2. The van der Waals surface area contributed by atoms with Crippen LogP contribution in [0, 0.1) is 0 Å². The molecule has 1 heterocycles. The van der Waals surface area contributed by atoms with Crippen LogP contribution in [0.3, 0.4) is 0 Å². The Morgan fingerprint density at radius 3 is 2.84 bits per heavy atom. The number of fused-ring (bicyclic) bond motifs is 1. The molecule has 4 nitrogen and oxygen atoms in total. The van der Waals surface area contributed by atoms with Crippen LogP contribution in [0.25, 0.3) is 0 Å². The first-order valence-corrected chi connectivity index (χ1v) is 6.68. The van der Waals surface area contributed by atoms with E-state index < -0.39 is 0 Å². The molecule has 0 radical (unpaired) electrons. The Balaban J connectivity index is 2.00. The second kappa shape index (κ2) is 4.66. The van der Waals surface area contributed by atoms with E-state index >= 15 is 0 Å². The van der Waals surface area contributed by atoms with E-state index in [4.69, 9.17) is 9.47 Å². The van der Waals surface area contributed by atoms with Crippen LogP contribution >= 0.6 is 11.8 Å². The summed E-state index contributed by atoms with van der Waals surface area (Å²) in [5, 5.41) is 3.33. The molecule has 0 fully saturated rings. The van der Waals surface area contributed by atoms with Crippen molar-refractivity contribution in [2.75, 3.05) is 19.5 Å². The Bertz CT molecular complexity index is 619. The summed E-state index contributed by atoms with van der Waals surface area (Å²) in [6, 6.07) is 5.84. The average molecular weight is 275 g/mol. The molecule has 0 bridgehead atoms. The van der Waals surface area contributed by atoms with E-state index in [9.17, 15) is 4.79 Å². The Hall–Kier alpha value is -1.88. The molecule has 98 valence electrons. The van der Waals surface area contributed by atoms with Crippen LogP contribution in [0.4, 0.5) is 5.69 Å². The van der Waals surface area contributed by atoms with Gasteiger partial charge in [0.25, 0.3) is 0 Å². The molecule has 1 aliphatic carbocycles. The summed E-state index contributed by atoms with van der Waals surface area (Å²) in [7, 11) is 3.22. The van der Waals surface area contributed by atoms with Gasteiger partial charge in [-0.15, -0.1) is 0 Å². The monoisotopic (exact) mass is 275 g/mol. The van der Waals surface area contributed by atoms with Crippen LogP contribution in [0.5, 0.6) is 5.75 Å². The molecule has 0 saturated carbocycles. The summed E-state index contributed by atoms with van der Waals surface area (Å²) in [5.41, 5.74) is 1.90. The molecule has 3 rings (SSSR count). The fourth-order valence-electron chi connectivity index (χ4n) is 2.12. The van der Waals surface area contributed by atoms with Gasteiger partial charge >= 0.3 is 0 Å². The van der Waals surface area contributed by atoms with Gasteiger partial charge in [-0.1, -0.05) is 11.8 Å². The summed E-state index contributed by atoms with van der Waals surface area (Å²) in [5.74, 6) is 1.47. The lowest BCUT2D eigenvalue weighted by molar-refractivity contribution is -0.114. The van der Waals surface area contributed by atoms with Crippen molar-refractivity contribution < 1.29 is 14.3 Å². The Morgan fingerprint density at radius 1 is 1.26 bits per heavy atom.